The Balaban J connectivity index is 1.38. The minimum atomic E-state index is -1.97. The summed E-state index contributed by atoms with van der Waals surface area (Å²) in [6, 6.07) is 1.78. The number of hydrogen-bond donors (Lipinski definition) is 33. The predicted octanol–water partition coefficient (Wildman–Crippen LogP) is -7.94. The summed E-state index contributed by atoms with van der Waals surface area (Å²) in [5.74, 6) is -16.7. The number of aliphatic carboxylic acids is 1. The molecular weight excluding hydrogens is 1710 g/mol. The summed E-state index contributed by atoms with van der Waals surface area (Å²) < 4.78 is 0. The predicted molar refractivity (Wildman–Crippen MR) is 480 cm³/mol. The van der Waals surface area contributed by atoms with E-state index in [1.54, 1.807) is 68.3 Å². The van der Waals surface area contributed by atoms with E-state index < -0.39 is 212 Å². The Morgan fingerprint density at radius 3 is 1.14 bits per heavy atom. The Labute approximate surface area is 753 Å². The van der Waals surface area contributed by atoms with Crippen LogP contribution in [0.5, 0.6) is 5.75 Å². The number of nitrogens with one attached hydrogen (secondary N) is 21. The van der Waals surface area contributed by atoms with E-state index in [0.717, 1.165) is 0 Å². The van der Waals surface area contributed by atoms with Gasteiger partial charge in [-0.15, -0.1) is 0 Å². The molecule has 5 rings (SSSR count). The van der Waals surface area contributed by atoms with Crippen molar-refractivity contribution in [2.45, 2.75) is 183 Å². The lowest BCUT2D eigenvalue weighted by molar-refractivity contribution is -0.138. The largest absolute Gasteiger partial charge is 0.508 e. The number of aliphatic hydroxyl groups is 2. The summed E-state index contributed by atoms with van der Waals surface area (Å²) in [6.07, 6.45) is -1.39. The van der Waals surface area contributed by atoms with Gasteiger partial charge in [-0.2, -0.15) is 9.97 Å². The van der Waals surface area contributed by atoms with Gasteiger partial charge in [-0.1, -0.05) is 56.3 Å². The molecule has 131 heavy (non-hydrogen) atoms. The Bertz CT molecular complexity index is 4770. The van der Waals surface area contributed by atoms with Crippen molar-refractivity contribution in [3.05, 3.63) is 107 Å². The minimum Gasteiger partial charge on any atom is -0.508 e. The topological polar surface area (TPSA) is 878 Å². The normalized spacial score (nSPS) is 13.5. The number of primary amides is 1. The molecule has 11 atom stereocenters. The molecule has 5 aromatic rings. The van der Waals surface area contributed by atoms with Gasteiger partial charge in [-0.25, -0.2) is 9.97 Å². The number of guanidine groups is 5. The van der Waals surface area contributed by atoms with Gasteiger partial charge in [0.2, 0.25) is 70.9 Å². The van der Waals surface area contributed by atoms with Gasteiger partial charge in [-0.3, -0.25) is 89.4 Å². The maximum absolute atomic E-state index is 14.8. The molecule has 0 aliphatic carbocycles. The number of rotatable bonds is 57. The van der Waals surface area contributed by atoms with E-state index in [1.165, 1.54) is 42.6 Å². The van der Waals surface area contributed by atoms with Crippen LogP contribution in [0.25, 0.3) is 11.2 Å². The zero-order valence-corrected chi connectivity index (χ0v) is 72.7. The van der Waals surface area contributed by atoms with E-state index in [0.29, 0.717) is 16.9 Å². The summed E-state index contributed by atoms with van der Waals surface area (Å²) in [5.41, 5.74) is 47.5. The van der Waals surface area contributed by atoms with Crippen molar-refractivity contribution in [3.63, 3.8) is 0 Å². The van der Waals surface area contributed by atoms with Gasteiger partial charge in [0.15, 0.2) is 46.8 Å². The van der Waals surface area contributed by atoms with E-state index in [2.05, 4.69) is 105 Å². The van der Waals surface area contributed by atoms with Crippen molar-refractivity contribution in [2.24, 2.45) is 40.3 Å². The highest BCUT2D eigenvalue weighted by molar-refractivity contribution is 6.01. The summed E-state index contributed by atoms with van der Waals surface area (Å²) in [6.45, 7) is 1.05. The van der Waals surface area contributed by atoms with Crippen LogP contribution in [0.2, 0.25) is 0 Å². The highest BCUT2D eigenvalue weighted by Crippen LogP contribution is 2.21. The molecule has 41 N–H and O–H groups in total. The molecule has 0 saturated carbocycles. The highest BCUT2D eigenvalue weighted by Gasteiger charge is 2.38. The number of carboxylic acids is 1. The third-order valence-corrected chi connectivity index (χ3v) is 19.8. The maximum Gasteiger partial charge on any atom is 0.303 e. The average Bonchev–Trinajstić information content (AvgIpc) is 0.811. The molecule has 2 heterocycles. The number of fused-ring (bicyclic) bond motifs is 1. The second-order valence-corrected chi connectivity index (χ2v) is 30.8. The van der Waals surface area contributed by atoms with Crippen molar-refractivity contribution in [2.75, 3.05) is 69.4 Å². The molecule has 0 radical (unpaired) electrons. The van der Waals surface area contributed by atoms with Crippen LogP contribution in [0.3, 0.4) is 0 Å². The number of anilines is 3. The van der Waals surface area contributed by atoms with Crippen LogP contribution in [0, 0.1) is 33.0 Å². The number of benzene rings is 3. The molecule has 2 aromatic heterocycles. The number of nitrogens with zero attached hydrogens (tertiary/aromatic N) is 5. The second kappa shape index (κ2) is 54.6. The van der Waals surface area contributed by atoms with E-state index in [1.807, 2.05) is 0 Å². The molecule has 0 aliphatic rings. The van der Waals surface area contributed by atoms with Crippen molar-refractivity contribution in [1.82, 2.24) is 105 Å². The molecule has 51 heteroatoms. The number of aliphatic hydroxyl groups excluding tert-OH is 2. The Kier molecular flexibility index (Phi) is 44.3. The number of phenolic OH excluding ortho intramolecular Hbond substituents is 1. The molecule has 0 unspecified atom stereocenters. The lowest BCUT2D eigenvalue weighted by atomic mass is 10.0. The SMILES string of the molecule is CC(C)C[C@H](NC(=O)[C@H](CCCNC(=N)N)NC(=O)[C@H](CCCNC(=N)N)NC(=O)[C@H](CCC(=O)O)NC(=O)c1ccc(N(C)Cc2cnc3nc(N)nc(N)c3n2)cc1)C(=O)N[C@@H](CO)C(=O)N[C@@H](Cc1ccc(O)cc1)C(=O)N[C@@H](CO)C(=O)N[C@@H](CCCNC(=N)N)C(=O)N[C@@H](CCCNC(=N)N)C(=O)N[C@@H](CCCNC(=N)N)C(=O)N[C@@H](Cc1ccccc1)C(N)=O. The van der Waals surface area contributed by atoms with Crippen LogP contribution in [-0.4, -0.2) is 266 Å². The third-order valence-electron chi connectivity index (χ3n) is 19.8. The molecule has 714 valence electrons. The monoisotopic (exact) mass is 1830 g/mol. The fraction of sp³-hybridized carbons (Fsp3) is 0.475. The van der Waals surface area contributed by atoms with Crippen LogP contribution in [0.15, 0.2) is 85.1 Å². The standard InChI is InChI=1S/C80H122N34O17/c1-41(2)34-55(108-69(126)52(18-11-33-98-79(91)92)104-66(123)49(15-8-30-95-76(85)86)105-70(127)53(27-28-59(118)119)101-64(121)44-21-23-46(24-22-44)114(3)38-45-37-99-63-60(100-45)61(81)112-80(93)113-63)71(128)110-58(40-116)74(131)109-56(36-43-19-25-47(117)26-20-43)72(129)111-57(39-115)73(130)106-50(16-9-31-96-77(87)88)67(124)102-48(14-7-29-94-75(83)84)65(122)103-51(17-10-32-97-78(89)90)68(125)107-54(62(82)120)35-42-12-5-4-6-13-42/h4-6,12-13,19-26,37,41,48-58,115-117H,7-11,14-18,27-36,38-40H2,1-3H3,(H2,82,120)(H,101,121)(H,102,124)(H,103,122)(H,104,123)(H,105,127)(H,106,130)(H,107,125)(H,108,126)(H,109,131)(H,110,128)(H,111,129)(H,118,119)(H4,83,84,94)(H4,85,86,95)(H4,87,88,96)(H4,89,90,97)(H4,91,92,98)(H4,81,93,99,112,113)/t48-,49-,50-,51-,52-,53-,54-,55-,56-,57-,58-/m0/s1. The highest BCUT2D eigenvalue weighted by atomic mass is 16.4. The van der Waals surface area contributed by atoms with Gasteiger partial charge in [0, 0.05) is 70.3 Å². The van der Waals surface area contributed by atoms with Crippen molar-refractivity contribution in [1.29, 1.82) is 27.0 Å². The van der Waals surface area contributed by atoms with E-state index in [-0.39, 0.29) is 156 Å². The number of aromatic nitrogens is 4. The Hall–Kier alpha value is -15.3. The quantitative estimate of drug-likeness (QED) is 0.00977. The van der Waals surface area contributed by atoms with E-state index >= 15 is 0 Å². The summed E-state index contributed by atoms with van der Waals surface area (Å²) in [7, 11) is 1.73. The molecule has 0 saturated heterocycles. The van der Waals surface area contributed by atoms with Crippen LogP contribution >= 0.6 is 0 Å². The van der Waals surface area contributed by atoms with Crippen LogP contribution in [0.1, 0.15) is 124 Å². The lowest BCUT2D eigenvalue weighted by Gasteiger charge is -2.28. The molecule has 0 spiro atoms. The average molecular weight is 1830 g/mol. The van der Waals surface area contributed by atoms with Crippen LogP contribution in [0.4, 0.5) is 17.5 Å². The maximum atomic E-state index is 14.8. The first-order valence-corrected chi connectivity index (χ1v) is 41.8. The van der Waals surface area contributed by atoms with Gasteiger partial charge < -0.3 is 156 Å². The number of phenols is 1. The number of nitrogen functional groups attached to an aromatic ring is 2. The van der Waals surface area contributed by atoms with Gasteiger partial charge in [-0.05, 0) is 130 Å². The second-order valence-electron chi connectivity index (χ2n) is 30.8. The number of hydrogen-bond acceptors (Lipinski definition) is 28. The van der Waals surface area contributed by atoms with Crippen molar-refractivity contribution < 1.29 is 82.8 Å². The van der Waals surface area contributed by atoms with Crippen molar-refractivity contribution >= 4 is 135 Å². The molecule has 51 nitrogen and oxygen atoms in total. The Morgan fingerprint density at radius 1 is 0.412 bits per heavy atom. The molecule has 0 fully saturated rings. The zero-order chi connectivity index (χ0) is 97.0. The van der Waals surface area contributed by atoms with Gasteiger partial charge in [0.05, 0.1) is 31.6 Å². The van der Waals surface area contributed by atoms with Gasteiger partial charge >= 0.3 is 5.97 Å². The van der Waals surface area contributed by atoms with Gasteiger partial charge in [0.25, 0.3) is 5.91 Å². The molecule has 0 aliphatic heterocycles. The lowest BCUT2D eigenvalue weighted by Crippen LogP contribution is -2.62. The minimum absolute atomic E-state index is 0.00276. The number of nitrogens with two attached hydrogens (primary N) is 8. The summed E-state index contributed by atoms with van der Waals surface area (Å²) in [4.78, 5) is 203. The van der Waals surface area contributed by atoms with E-state index in [4.69, 9.17) is 72.9 Å². The first-order valence-electron chi connectivity index (χ1n) is 41.8. The molecule has 0 bridgehead atoms. The summed E-state index contributed by atoms with van der Waals surface area (Å²) in [5, 5.41) is 121. The molecule has 3 aromatic carbocycles. The zero-order valence-electron chi connectivity index (χ0n) is 72.7. The number of carboxylic acid groups (broad SMARTS) is 1. The van der Waals surface area contributed by atoms with Gasteiger partial charge in [0.1, 0.15) is 72.2 Å². The fourth-order valence-corrected chi connectivity index (χ4v) is 13.0. The smallest absolute Gasteiger partial charge is 0.303 e. The molecular formula is C80H122N34O17. The number of amides is 12. The number of carbonyl (C=O) groups is 13. The summed E-state index contributed by atoms with van der Waals surface area (Å²) >= 11 is 0. The molecule has 12 amide bonds. The third kappa shape index (κ3) is 38.8. The first-order chi connectivity index (χ1) is 62.1. The van der Waals surface area contributed by atoms with Crippen LogP contribution < -0.4 is 136 Å². The Morgan fingerprint density at radius 2 is 0.756 bits per heavy atom. The van der Waals surface area contributed by atoms with E-state index in [9.17, 15) is 82.8 Å². The first kappa shape index (κ1) is 106. The van der Waals surface area contributed by atoms with Crippen LogP contribution in [-0.2, 0) is 76.9 Å². The number of aromatic hydroxyl groups is 1. The number of carbonyl (C=O) groups excluding carboxylic acids is 12. The fourth-order valence-electron chi connectivity index (χ4n) is 13.0. The van der Waals surface area contributed by atoms with Crippen molar-refractivity contribution in [3.8, 4) is 5.75 Å².